The molecule has 0 spiro atoms. The van der Waals surface area contributed by atoms with Crippen LogP contribution in [0.15, 0.2) is 22.7 Å². The first-order chi connectivity index (χ1) is 13.8. The molecule has 1 aliphatic rings. The van der Waals surface area contributed by atoms with Crippen molar-refractivity contribution in [3.8, 4) is 5.75 Å². The fourth-order valence-electron chi connectivity index (χ4n) is 3.13. The third-order valence-electron chi connectivity index (χ3n) is 4.41. The molecule has 1 aliphatic carbocycles. The second-order valence-corrected chi connectivity index (χ2v) is 8.56. The first-order valence-electron chi connectivity index (χ1n) is 8.55. The van der Waals surface area contributed by atoms with E-state index in [-0.39, 0.29) is 12.2 Å². The maximum absolute atomic E-state index is 12.4. The van der Waals surface area contributed by atoms with Crippen molar-refractivity contribution < 1.29 is 28.6 Å². The van der Waals surface area contributed by atoms with Gasteiger partial charge in [-0.3, -0.25) is 9.59 Å². The van der Waals surface area contributed by atoms with Crippen LogP contribution in [-0.2, 0) is 25.5 Å². The summed E-state index contributed by atoms with van der Waals surface area (Å²) in [6, 6.07) is 4.94. The molecule has 1 atom stereocenters. The zero-order chi connectivity index (χ0) is 21.1. The molecule has 10 heteroatoms. The van der Waals surface area contributed by atoms with E-state index >= 15 is 0 Å². The van der Waals surface area contributed by atoms with E-state index in [9.17, 15) is 14.4 Å². The summed E-state index contributed by atoms with van der Waals surface area (Å²) >= 11 is 10.5. The number of hydrogen-bond donors (Lipinski definition) is 1. The molecular weight excluding hydrogens is 486 g/mol. The van der Waals surface area contributed by atoms with E-state index < -0.39 is 23.8 Å². The molecule has 7 nitrogen and oxygen atoms in total. The highest BCUT2D eigenvalue weighted by Crippen LogP contribution is 2.45. The SMILES string of the molecule is COC(=O)c1c(NC(=O)COc2ccc(Cl)cc2Br)sc2c1C(C(=O)OC)CC2. The Morgan fingerprint density at radius 1 is 1.28 bits per heavy atom. The number of carbonyl (C=O) groups excluding carboxylic acids is 3. The van der Waals surface area contributed by atoms with E-state index in [1.165, 1.54) is 25.6 Å². The third kappa shape index (κ3) is 4.57. The first kappa shape index (κ1) is 21.6. The van der Waals surface area contributed by atoms with E-state index in [0.717, 1.165) is 4.88 Å². The number of carbonyl (C=O) groups is 3. The number of rotatable bonds is 6. The van der Waals surface area contributed by atoms with Crippen molar-refractivity contribution in [3.63, 3.8) is 0 Å². The summed E-state index contributed by atoms with van der Waals surface area (Å²) < 4.78 is 15.8. The van der Waals surface area contributed by atoms with Crippen molar-refractivity contribution in [1.82, 2.24) is 0 Å². The molecular formula is C19H17BrClNO6S. The van der Waals surface area contributed by atoms with Gasteiger partial charge in [0, 0.05) is 9.90 Å². The van der Waals surface area contributed by atoms with Gasteiger partial charge in [0.15, 0.2) is 6.61 Å². The molecule has 154 valence electrons. The topological polar surface area (TPSA) is 90.9 Å². The van der Waals surface area contributed by atoms with Crippen molar-refractivity contribution in [1.29, 1.82) is 0 Å². The monoisotopic (exact) mass is 501 g/mol. The number of fused-ring (bicyclic) bond motifs is 1. The van der Waals surface area contributed by atoms with Crippen LogP contribution in [0.1, 0.15) is 33.1 Å². The molecule has 1 heterocycles. The quantitative estimate of drug-likeness (QED) is 0.596. The van der Waals surface area contributed by atoms with Crippen LogP contribution in [0.2, 0.25) is 5.02 Å². The molecule has 1 N–H and O–H groups in total. The van der Waals surface area contributed by atoms with Crippen LogP contribution in [0.3, 0.4) is 0 Å². The number of amides is 1. The largest absolute Gasteiger partial charge is 0.483 e. The van der Waals surface area contributed by atoms with Gasteiger partial charge in [0.1, 0.15) is 10.8 Å². The van der Waals surface area contributed by atoms with Gasteiger partial charge in [0.2, 0.25) is 0 Å². The Labute approximate surface area is 184 Å². The van der Waals surface area contributed by atoms with Crippen molar-refractivity contribution in [2.24, 2.45) is 0 Å². The zero-order valence-corrected chi connectivity index (χ0v) is 18.7. The molecule has 1 unspecified atom stereocenters. The summed E-state index contributed by atoms with van der Waals surface area (Å²) in [5.74, 6) is -1.58. The van der Waals surface area contributed by atoms with Crippen LogP contribution in [0.4, 0.5) is 5.00 Å². The highest BCUT2D eigenvalue weighted by atomic mass is 79.9. The van der Waals surface area contributed by atoms with Crippen molar-refractivity contribution >= 4 is 61.7 Å². The van der Waals surface area contributed by atoms with E-state index in [0.29, 0.717) is 38.7 Å². The molecule has 0 fully saturated rings. The minimum absolute atomic E-state index is 0.196. The summed E-state index contributed by atoms with van der Waals surface area (Å²) in [5.41, 5.74) is 0.770. The maximum atomic E-state index is 12.4. The smallest absolute Gasteiger partial charge is 0.341 e. The number of nitrogens with one attached hydrogen (secondary N) is 1. The predicted octanol–water partition coefficient (Wildman–Crippen LogP) is 4.17. The van der Waals surface area contributed by atoms with Gasteiger partial charge in [-0.2, -0.15) is 0 Å². The normalized spacial score (nSPS) is 14.8. The Bertz CT molecular complexity index is 976. The molecule has 0 saturated carbocycles. The van der Waals surface area contributed by atoms with Crippen LogP contribution >= 0.6 is 38.9 Å². The van der Waals surface area contributed by atoms with Crippen molar-refractivity contribution in [2.75, 3.05) is 26.1 Å². The van der Waals surface area contributed by atoms with Gasteiger partial charge in [0.05, 0.1) is 30.2 Å². The van der Waals surface area contributed by atoms with Gasteiger partial charge in [-0.05, 0) is 52.5 Å². The molecule has 0 saturated heterocycles. The van der Waals surface area contributed by atoms with Gasteiger partial charge in [0.25, 0.3) is 5.91 Å². The third-order valence-corrected chi connectivity index (χ3v) is 6.45. The number of esters is 2. The molecule has 1 aromatic carbocycles. The van der Waals surface area contributed by atoms with Crippen LogP contribution in [0.5, 0.6) is 5.75 Å². The number of ether oxygens (including phenoxy) is 3. The lowest BCUT2D eigenvalue weighted by atomic mass is 9.99. The van der Waals surface area contributed by atoms with Crippen molar-refractivity contribution in [2.45, 2.75) is 18.8 Å². The summed E-state index contributed by atoms with van der Waals surface area (Å²) in [5, 5.41) is 3.56. The average Bonchev–Trinajstić information content (AvgIpc) is 3.24. The number of thiophene rings is 1. The van der Waals surface area contributed by atoms with Crippen LogP contribution < -0.4 is 10.1 Å². The van der Waals surface area contributed by atoms with Gasteiger partial charge in [-0.25, -0.2) is 4.79 Å². The Hall–Kier alpha value is -2.10. The highest BCUT2D eigenvalue weighted by Gasteiger charge is 2.38. The van der Waals surface area contributed by atoms with E-state index in [4.69, 9.17) is 25.8 Å². The van der Waals surface area contributed by atoms with E-state index in [1.54, 1.807) is 18.2 Å². The Kier molecular flexibility index (Phi) is 6.81. The number of methoxy groups -OCH3 is 2. The van der Waals surface area contributed by atoms with Crippen LogP contribution in [-0.4, -0.2) is 38.7 Å². The molecule has 1 aromatic heterocycles. The van der Waals surface area contributed by atoms with Gasteiger partial charge in [-0.1, -0.05) is 11.6 Å². The molecule has 0 bridgehead atoms. The second kappa shape index (κ2) is 9.15. The molecule has 3 rings (SSSR count). The fourth-order valence-corrected chi connectivity index (χ4v) is 5.21. The summed E-state index contributed by atoms with van der Waals surface area (Å²) in [7, 11) is 2.56. The van der Waals surface area contributed by atoms with Gasteiger partial charge < -0.3 is 19.5 Å². The zero-order valence-electron chi connectivity index (χ0n) is 15.5. The average molecular weight is 503 g/mol. The number of aryl methyl sites for hydroxylation is 1. The first-order valence-corrected chi connectivity index (χ1v) is 10.5. The standard InChI is InChI=1S/C19H17BrClNO6S/c1-26-18(24)10-4-6-13-15(10)16(19(25)27-2)17(29-13)22-14(23)8-28-12-5-3-9(21)7-11(12)20/h3,5,7,10H,4,6,8H2,1-2H3,(H,22,23). The van der Waals surface area contributed by atoms with Gasteiger partial charge in [-0.15, -0.1) is 11.3 Å². The highest BCUT2D eigenvalue weighted by molar-refractivity contribution is 9.10. The summed E-state index contributed by atoms with van der Waals surface area (Å²) in [6.07, 6.45) is 1.17. The molecule has 1 amide bonds. The molecule has 0 aliphatic heterocycles. The fraction of sp³-hybridized carbons (Fsp3) is 0.316. The Balaban J connectivity index is 1.79. The molecule has 0 radical (unpaired) electrons. The summed E-state index contributed by atoms with van der Waals surface area (Å²) in [6.45, 7) is -0.274. The lowest BCUT2D eigenvalue weighted by Crippen LogP contribution is -2.22. The Morgan fingerprint density at radius 3 is 2.69 bits per heavy atom. The second-order valence-electron chi connectivity index (χ2n) is 6.16. The lowest BCUT2D eigenvalue weighted by Gasteiger charge is -2.12. The maximum Gasteiger partial charge on any atom is 0.341 e. The van der Waals surface area contributed by atoms with Gasteiger partial charge >= 0.3 is 11.9 Å². The molecule has 2 aromatic rings. The number of benzene rings is 1. The van der Waals surface area contributed by atoms with E-state index in [1.807, 2.05) is 0 Å². The minimum Gasteiger partial charge on any atom is -0.483 e. The number of anilines is 1. The predicted molar refractivity (Wildman–Crippen MR) is 112 cm³/mol. The van der Waals surface area contributed by atoms with Crippen LogP contribution in [0.25, 0.3) is 0 Å². The number of hydrogen-bond acceptors (Lipinski definition) is 7. The molecule has 29 heavy (non-hydrogen) atoms. The van der Waals surface area contributed by atoms with E-state index in [2.05, 4.69) is 21.2 Å². The number of halogens is 2. The lowest BCUT2D eigenvalue weighted by molar-refractivity contribution is -0.142. The summed E-state index contributed by atoms with van der Waals surface area (Å²) in [4.78, 5) is 37.7. The Morgan fingerprint density at radius 2 is 2.03 bits per heavy atom. The minimum atomic E-state index is -0.616. The van der Waals surface area contributed by atoms with Crippen molar-refractivity contribution in [3.05, 3.63) is 43.7 Å². The van der Waals surface area contributed by atoms with Crippen LogP contribution in [0, 0.1) is 0 Å².